The van der Waals surface area contributed by atoms with Crippen LogP contribution < -0.4 is 0 Å². The molecule has 8 heteroatoms. The van der Waals surface area contributed by atoms with Gasteiger partial charge in [0.05, 0.1) is 17.1 Å². The first-order valence-corrected chi connectivity index (χ1v) is 11.7. The number of amides is 1. The van der Waals surface area contributed by atoms with E-state index in [0.29, 0.717) is 19.5 Å². The second-order valence-corrected chi connectivity index (χ2v) is 9.45. The van der Waals surface area contributed by atoms with Gasteiger partial charge in [-0.3, -0.25) is 4.79 Å². The molecule has 0 aliphatic carbocycles. The number of benzene rings is 1. The molecule has 3 rings (SSSR count). The van der Waals surface area contributed by atoms with E-state index >= 15 is 0 Å². The molecule has 1 saturated heterocycles. The van der Waals surface area contributed by atoms with Crippen LogP contribution in [0.15, 0.2) is 40.8 Å². The molecule has 29 heavy (non-hydrogen) atoms. The largest absolute Gasteiger partial charge is 0.451 e. The third-order valence-electron chi connectivity index (χ3n) is 5.42. The summed E-state index contributed by atoms with van der Waals surface area (Å²) >= 11 is 0. The summed E-state index contributed by atoms with van der Waals surface area (Å²) < 4.78 is 43.6. The summed E-state index contributed by atoms with van der Waals surface area (Å²) in [4.78, 5) is 17.0. The molecule has 1 aromatic carbocycles. The maximum Gasteiger partial charge on any atom is 0.289 e. The predicted molar refractivity (Wildman–Crippen MR) is 110 cm³/mol. The lowest BCUT2D eigenvalue weighted by atomic mass is 10.1. The number of carbonyl (C=O) groups excluding carboxylic acids is 1. The number of rotatable bonds is 8. The summed E-state index contributed by atoms with van der Waals surface area (Å²) in [6, 6.07) is 8.93. The zero-order valence-electron chi connectivity index (χ0n) is 16.8. The lowest BCUT2D eigenvalue weighted by Gasteiger charge is -2.30. The van der Waals surface area contributed by atoms with Gasteiger partial charge in [-0.05, 0) is 43.8 Å². The Balaban J connectivity index is 1.83. The summed E-state index contributed by atoms with van der Waals surface area (Å²) in [6.45, 7) is 6.85. The van der Waals surface area contributed by atoms with E-state index in [4.69, 9.17) is 4.42 Å². The first-order valence-electron chi connectivity index (χ1n) is 9.93. The van der Waals surface area contributed by atoms with E-state index in [1.807, 2.05) is 13.8 Å². The van der Waals surface area contributed by atoms with E-state index in [1.54, 1.807) is 29.2 Å². The normalized spacial score (nSPS) is 18.3. The molecule has 0 bridgehead atoms. The molecule has 0 saturated carbocycles. The number of halogens is 1. The SMILES string of the molecule is CCN(CC)CCN(C(=O)c1ccc(-c2ccccc2F)o1)C1CCS(=O)(=O)C1. The van der Waals surface area contributed by atoms with Crippen LogP contribution in [0.3, 0.4) is 0 Å². The Morgan fingerprint density at radius 2 is 1.86 bits per heavy atom. The summed E-state index contributed by atoms with van der Waals surface area (Å²) in [5.74, 6) is -0.368. The van der Waals surface area contributed by atoms with Crippen molar-refractivity contribution in [2.45, 2.75) is 26.3 Å². The Morgan fingerprint density at radius 1 is 1.14 bits per heavy atom. The monoisotopic (exact) mass is 422 g/mol. The zero-order valence-corrected chi connectivity index (χ0v) is 17.6. The van der Waals surface area contributed by atoms with Crippen LogP contribution in [-0.2, 0) is 9.84 Å². The molecule has 1 atom stereocenters. The standard InChI is InChI=1S/C21H27FN2O4S/c1-3-23(4-2)12-13-24(16-11-14-29(26,27)15-16)21(25)20-10-9-19(28-20)17-7-5-6-8-18(17)22/h5-10,16H,3-4,11-15H2,1-2H3. The smallest absolute Gasteiger partial charge is 0.289 e. The van der Waals surface area contributed by atoms with Crippen molar-refractivity contribution in [2.24, 2.45) is 0 Å². The molecule has 1 fully saturated rings. The fraction of sp³-hybridized carbons (Fsp3) is 0.476. The van der Waals surface area contributed by atoms with Crippen LogP contribution in [0.4, 0.5) is 4.39 Å². The van der Waals surface area contributed by atoms with Gasteiger partial charge in [0.25, 0.3) is 5.91 Å². The minimum Gasteiger partial charge on any atom is -0.451 e. The number of nitrogens with zero attached hydrogens (tertiary/aromatic N) is 2. The number of carbonyl (C=O) groups is 1. The Kier molecular flexibility index (Phi) is 6.74. The van der Waals surface area contributed by atoms with Gasteiger partial charge < -0.3 is 14.2 Å². The van der Waals surface area contributed by atoms with Gasteiger partial charge in [0.2, 0.25) is 0 Å². The predicted octanol–water partition coefficient (Wildman–Crippen LogP) is 3.06. The second kappa shape index (κ2) is 9.09. The van der Waals surface area contributed by atoms with Crippen LogP contribution >= 0.6 is 0 Å². The lowest BCUT2D eigenvalue weighted by molar-refractivity contribution is 0.0643. The number of hydrogen-bond donors (Lipinski definition) is 0. The van der Waals surface area contributed by atoms with Gasteiger partial charge in [-0.2, -0.15) is 0 Å². The van der Waals surface area contributed by atoms with E-state index in [2.05, 4.69) is 4.90 Å². The number of likely N-dealkylation sites (N-methyl/N-ethyl adjacent to an activating group) is 1. The van der Waals surface area contributed by atoms with Crippen molar-refractivity contribution in [2.75, 3.05) is 37.7 Å². The number of hydrogen-bond acceptors (Lipinski definition) is 5. The fourth-order valence-electron chi connectivity index (χ4n) is 3.66. The van der Waals surface area contributed by atoms with Gasteiger partial charge >= 0.3 is 0 Å². The first-order chi connectivity index (χ1) is 13.8. The Labute approximate surface area is 171 Å². The highest BCUT2D eigenvalue weighted by molar-refractivity contribution is 7.91. The average Bonchev–Trinajstić information content (AvgIpc) is 3.32. The highest BCUT2D eigenvalue weighted by Gasteiger charge is 2.36. The molecule has 0 radical (unpaired) electrons. The molecule has 6 nitrogen and oxygen atoms in total. The van der Waals surface area contributed by atoms with Crippen molar-refractivity contribution < 1.29 is 22.0 Å². The van der Waals surface area contributed by atoms with E-state index < -0.39 is 15.7 Å². The van der Waals surface area contributed by atoms with Gasteiger partial charge in [0.15, 0.2) is 15.6 Å². The molecule has 1 aromatic heterocycles. The van der Waals surface area contributed by atoms with Gasteiger partial charge in [-0.1, -0.05) is 26.0 Å². The molecule has 0 N–H and O–H groups in total. The third-order valence-corrected chi connectivity index (χ3v) is 7.17. The number of furan rings is 1. The van der Waals surface area contributed by atoms with Crippen molar-refractivity contribution in [3.8, 4) is 11.3 Å². The topological polar surface area (TPSA) is 70.8 Å². The molecule has 1 unspecified atom stereocenters. The fourth-order valence-corrected chi connectivity index (χ4v) is 5.39. The molecule has 1 amide bonds. The zero-order chi connectivity index (χ0) is 21.0. The quantitative estimate of drug-likeness (QED) is 0.654. The number of sulfone groups is 1. The summed E-state index contributed by atoms with van der Waals surface area (Å²) in [6.07, 6.45) is 0.424. The minimum absolute atomic E-state index is 0.0299. The van der Waals surface area contributed by atoms with Crippen molar-refractivity contribution in [1.29, 1.82) is 0 Å². The molecule has 158 valence electrons. The highest BCUT2D eigenvalue weighted by atomic mass is 32.2. The van der Waals surface area contributed by atoms with E-state index in [0.717, 1.165) is 13.1 Å². The molecule has 1 aliphatic rings. The Bertz CT molecular complexity index is 953. The van der Waals surface area contributed by atoms with Crippen molar-refractivity contribution in [3.05, 3.63) is 48.0 Å². The lowest BCUT2D eigenvalue weighted by Crippen LogP contribution is -2.45. The van der Waals surface area contributed by atoms with Gasteiger partial charge in [0.1, 0.15) is 11.6 Å². The molecular weight excluding hydrogens is 395 g/mol. The van der Waals surface area contributed by atoms with E-state index in [-0.39, 0.29) is 40.5 Å². The maximum atomic E-state index is 14.0. The Morgan fingerprint density at radius 3 is 2.48 bits per heavy atom. The van der Waals surface area contributed by atoms with Gasteiger partial charge in [0, 0.05) is 19.1 Å². The van der Waals surface area contributed by atoms with Crippen LogP contribution in [0.25, 0.3) is 11.3 Å². The first kappa shape index (κ1) is 21.5. The molecule has 2 heterocycles. The highest BCUT2D eigenvalue weighted by Crippen LogP contribution is 2.27. The van der Waals surface area contributed by atoms with Crippen molar-refractivity contribution in [3.63, 3.8) is 0 Å². The van der Waals surface area contributed by atoms with Crippen LogP contribution in [0, 0.1) is 5.82 Å². The van der Waals surface area contributed by atoms with Crippen molar-refractivity contribution in [1.82, 2.24) is 9.80 Å². The summed E-state index contributed by atoms with van der Waals surface area (Å²) in [5.41, 5.74) is 0.282. The summed E-state index contributed by atoms with van der Waals surface area (Å²) in [5, 5.41) is 0. The molecular formula is C21H27FN2O4S. The van der Waals surface area contributed by atoms with Gasteiger partial charge in [-0.15, -0.1) is 0 Å². The van der Waals surface area contributed by atoms with Crippen LogP contribution in [0.5, 0.6) is 0 Å². The minimum atomic E-state index is -3.14. The summed E-state index contributed by atoms with van der Waals surface area (Å²) in [7, 11) is -3.14. The van der Waals surface area contributed by atoms with Crippen LogP contribution in [-0.4, -0.2) is 67.9 Å². The molecule has 1 aliphatic heterocycles. The van der Waals surface area contributed by atoms with Gasteiger partial charge in [-0.25, -0.2) is 12.8 Å². The van der Waals surface area contributed by atoms with E-state index in [1.165, 1.54) is 12.1 Å². The van der Waals surface area contributed by atoms with Crippen LogP contribution in [0.2, 0.25) is 0 Å². The Hall–Kier alpha value is -2.19. The average molecular weight is 423 g/mol. The van der Waals surface area contributed by atoms with E-state index in [9.17, 15) is 17.6 Å². The second-order valence-electron chi connectivity index (χ2n) is 7.23. The maximum absolute atomic E-state index is 14.0. The van der Waals surface area contributed by atoms with Crippen molar-refractivity contribution >= 4 is 15.7 Å². The molecule has 0 spiro atoms. The van der Waals surface area contributed by atoms with Crippen LogP contribution in [0.1, 0.15) is 30.8 Å². The third kappa shape index (κ3) is 5.05. The molecule has 2 aromatic rings.